The SMILES string of the molecule is COC(=O)C1CCCN1CC(=O)N(CC(F)(F)F)C(C)C. The lowest BCUT2D eigenvalue weighted by atomic mass is 10.2. The Bertz CT molecular complexity index is 385. The van der Waals surface area contributed by atoms with E-state index in [1.165, 1.54) is 21.0 Å². The first-order valence-corrected chi connectivity index (χ1v) is 6.83. The fourth-order valence-corrected chi connectivity index (χ4v) is 2.43. The highest BCUT2D eigenvalue weighted by atomic mass is 19.4. The quantitative estimate of drug-likeness (QED) is 0.721. The number of hydrogen-bond donors (Lipinski definition) is 0. The largest absolute Gasteiger partial charge is 0.468 e. The fourth-order valence-electron chi connectivity index (χ4n) is 2.43. The first-order chi connectivity index (χ1) is 9.65. The number of amides is 1. The summed E-state index contributed by atoms with van der Waals surface area (Å²) in [6, 6.07) is -1.10. The Morgan fingerprint density at radius 3 is 2.48 bits per heavy atom. The van der Waals surface area contributed by atoms with Gasteiger partial charge in [0.15, 0.2) is 0 Å². The zero-order valence-electron chi connectivity index (χ0n) is 12.4. The highest BCUT2D eigenvalue weighted by Gasteiger charge is 2.37. The molecule has 122 valence electrons. The predicted octanol–water partition coefficient (Wildman–Crippen LogP) is 1.42. The molecule has 1 aliphatic heterocycles. The van der Waals surface area contributed by atoms with Crippen LogP contribution in [0.2, 0.25) is 0 Å². The minimum Gasteiger partial charge on any atom is -0.468 e. The van der Waals surface area contributed by atoms with Crippen molar-refractivity contribution in [3.05, 3.63) is 0 Å². The molecule has 1 fully saturated rings. The van der Waals surface area contributed by atoms with Crippen molar-refractivity contribution in [3.63, 3.8) is 0 Å². The van der Waals surface area contributed by atoms with Crippen molar-refractivity contribution < 1.29 is 27.5 Å². The van der Waals surface area contributed by atoms with Gasteiger partial charge in [0.25, 0.3) is 0 Å². The lowest BCUT2D eigenvalue weighted by Crippen LogP contribution is -2.49. The molecule has 1 heterocycles. The van der Waals surface area contributed by atoms with Crippen molar-refractivity contribution in [3.8, 4) is 0 Å². The second-order valence-electron chi connectivity index (χ2n) is 5.38. The molecule has 0 aromatic rings. The monoisotopic (exact) mass is 310 g/mol. The van der Waals surface area contributed by atoms with E-state index in [9.17, 15) is 22.8 Å². The highest BCUT2D eigenvalue weighted by Crippen LogP contribution is 2.21. The van der Waals surface area contributed by atoms with Crippen LogP contribution in [0.15, 0.2) is 0 Å². The van der Waals surface area contributed by atoms with E-state index in [1.54, 1.807) is 4.90 Å². The van der Waals surface area contributed by atoms with Crippen LogP contribution in [0, 0.1) is 0 Å². The Labute approximate surface area is 122 Å². The minimum atomic E-state index is -4.44. The molecule has 1 unspecified atom stereocenters. The van der Waals surface area contributed by atoms with Crippen LogP contribution in [0.5, 0.6) is 0 Å². The molecule has 1 aliphatic rings. The summed E-state index contributed by atoms with van der Waals surface area (Å²) in [5.74, 6) is -1.08. The van der Waals surface area contributed by atoms with E-state index < -0.39 is 36.7 Å². The number of carbonyl (C=O) groups is 2. The van der Waals surface area contributed by atoms with E-state index in [-0.39, 0.29) is 6.54 Å². The van der Waals surface area contributed by atoms with E-state index in [0.717, 1.165) is 4.90 Å². The Morgan fingerprint density at radius 2 is 2.00 bits per heavy atom. The second-order valence-corrected chi connectivity index (χ2v) is 5.38. The number of ether oxygens (including phenoxy) is 1. The van der Waals surface area contributed by atoms with Crippen LogP contribution in [0.1, 0.15) is 26.7 Å². The lowest BCUT2D eigenvalue weighted by molar-refractivity contribution is -0.166. The fraction of sp³-hybridized carbons (Fsp3) is 0.846. The number of likely N-dealkylation sites (tertiary alicyclic amines) is 1. The topological polar surface area (TPSA) is 49.9 Å². The van der Waals surface area contributed by atoms with Gasteiger partial charge in [0.2, 0.25) is 5.91 Å². The number of methoxy groups -OCH3 is 1. The molecule has 0 saturated carbocycles. The van der Waals surface area contributed by atoms with Crippen LogP contribution in [0.25, 0.3) is 0 Å². The van der Waals surface area contributed by atoms with Crippen LogP contribution in [0.3, 0.4) is 0 Å². The van der Waals surface area contributed by atoms with Gasteiger partial charge in [-0.1, -0.05) is 0 Å². The van der Waals surface area contributed by atoms with Gasteiger partial charge in [0.1, 0.15) is 12.6 Å². The summed E-state index contributed by atoms with van der Waals surface area (Å²) >= 11 is 0. The minimum absolute atomic E-state index is 0.200. The smallest absolute Gasteiger partial charge is 0.406 e. The van der Waals surface area contributed by atoms with Gasteiger partial charge in [-0.25, -0.2) is 0 Å². The summed E-state index contributed by atoms with van der Waals surface area (Å²) < 4.78 is 42.2. The maximum Gasteiger partial charge on any atom is 0.406 e. The van der Waals surface area contributed by atoms with Gasteiger partial charge in [-0.05, 0) is 33.2 Å². The summed E-state index contributed by atoms with van der Waals surface area (Å²) in [5, 5.41) is 0. The van der Waals surface area contributed by atoms with Gasteiger partial charge in [-0.2, -0.15) is 13.2 Å². The Balaban J connectivity index is 2.70. The zero-order chi connectivity index (χ0) is 16.2. The third kappa shape index (κ3) is 5.18. The molecular weight excluding hydrogens is 289 g/mol. The van der Waals surface area contributed by atoms with Crippen molar-refractivity contribution in [2.75, 3.05) is 26.7 Å². The summed E-state index contributed by atoms with van der Waals surface area (Å²) in [5.41, 5.74) is 0. The molecule has 0 aliphatic carbocycles. The number of carbonyl (C=O) groups excluding carboxylic acids is 2. The molecule has 0 aromatic carbocycles. The molecule has 0 aromatic heterocycles. The molecule has 1 saturated heterocycles. The molecule has 8 heteroatoms. The Hall–Kier alpha value is -1.31. The van der Waals surface area contributed by atoms with E-state index >= 15 is 0 Å². The van der Waals surface area contributed by atoms with Gasteiger partial charge >= 0.3 is 12.1 Å². The first kappa shape index (κ1) is 17.7. The summed E-state index contributed by atoms with van der Waals surface area (Å²) in [6.07, 6.45) is -3.17. The van der Waals surface area contributed by atoms with Crippen molar-refractivity contribution in [1.82, 2.24) is 9.80 Å². The molecule has 21 heavy (non-hydrogen) atoms. The number of hydrogen-bond acceptors (Lipinski definition) is 4. The van der Waals surface area contributed by atoms with Gasteiger partial charge in [-0.3, -0.25) is 14.5 Å². The molecule has 0 bridgehead atoms. The van der Waals surface area contributed by atoms with Crippen LogP contribution in [-0.2, 0) is 14.3 Å². The molecule has 0 spiro atoms. The number of alkyl halides is 3. The van der Waals surface area contributed by atoms with E-state index in [0.29, 0.717) is 19.4 Å². The standard InChI is InChI=1S/C13H21F3N2O3/c1-9(2)18(8-13(14,15)16)11(19)7-17-6-4-5-10(17)12(20)21-3/h9-10H,4-8H2,1-3H3. The average Bonchev–Trinajstić information content (AvgIpc) is 2.81. The van der Waals surface area contributed by atoms with Crippen molar-refractivity contribution in [2.24, 2.45) is 0 Å². The van der Waals surface area contributed by atoms with Crippen LogP contribution < -0.4 is 0 Å². The third-order valence-electron chi connectivity index (χ3n) is 3.47. The second kappa shape index (κ2) is 7.11. The molecule has 1 atom stereocenters. The predicted molar refractivity (Wildman–Crippen MR) is 69.5 cm³/mol. The van der Waals surface area contributed by atoms with Gasteiger partial charge in [0, 0.05) is 6.04 Å². The van der Waals surface area contributed by atoms with Crippen molar-refractivity contribution in [2.45, 2.75) is 44.9 Å². The normalized spacial score (nSPS) is 19.9. The lowest BCUT2D eigenvalue weighted by Gasteiger charge is -2.30. The summed E-state index contributed by atoms with van der Waals surface area (Å²) in [7, 11) is 1.25. The van der Waals surface area contributed by atoms with Gasteiger partial charge < -0.3 is 9.64 Å². The van der Waals surface area contributed by atoms with Crippen molar-refractivity contribution >= 4 is 11.9 Å². The molecule has 0 N–H and O–H groups in total. The van der Waals surface area contributed by atoms with Gasteiger partial charge in [0.05, 0.1) is 13.7 Å². The maximum absolute atomic E-state index is 12.5. The zero-order valence-corrected chi connectivity index (χ0v) is 12.4. The van der Waals surface area contributed by atoms with Crippen LogP contribution in [-0.4, -0.2) is 66.7 Å². The number of nitrogens with zero attached hydrogens (tertiary/aromatic N) is 2. The molecule has 0 radical (unpaired) electrons. The summed E-state index contributed by atoms with van der Waals surface area (Å²) in [6.45, 7) is 2.09. The number of rotatable bonds is 5. The number of halogens is 3. The summed E-state index contributed by atoms with van der Waals surface area (Å²) in [4.78, 5) is 26.0. The number of esters is 1. The maximum atomic E-state index is 12.5. The molecular formula is C13H21F3N2O3. The highest BCUT2D eigenvalue weighted by molar-refractivity contribution is 5.81. The van der Waals surface area contributed by atoms with E-state index in [4.69, 9.17) is 0 Å². The van der Waals surface area contributed by atoms with E-state index in [1.807, 2.05) is 0 Å². The molecule has 1 rings (SSSR count). The van der Waals surface area contributed by atoms with Crippen LogP contribution >= 0.6 is 0 Å². The van der Waals surface area contributed by atoms with Crippen LogP contribution in [0.4, 0.5) is 13.2 Å². The van der Waals surface area contributed by atoms with E-state index in [2.05, 4.69) is 4.74 Å². The molecule has 1 amide bonds. The van der Waals surface area contributed by atoms with Gasteiger partial charge in [-0.15, -0.1) is 0 Å². The molecule has 5 nitrogen and oxygen atoms in total. The Morgan fingerprint density at radius 1 is 1.38 bits per heavy atom. The Kier molecular flexibility index (Phi) is 6.00. The third-order valence-corrected chi connectivity index (χ3v) is 3.47. The first-order valence-electron chi connectivity index (χ1n) is 6.83. The average molecular weight is 310 g/mol. The van der Waals surface area contributed by atoms with Crippen molar-refractivity contribution in [1.29, 1.82) is 0 Å².